The zero-order valence-corrected chi connectivity index (χ0v) is 12.0. The summed E-state index contributed by atoms with van der Waals surface area (Å²) in [5, 5.41) is 0. The molecule has 0 aromatic heterocycles. The normalized spacial score (nSPS) is 25.2. The Balaban J connectivity index is 2.21. The van der Waals surface area contributed by atoms with Crippen molar-refractivity contribution >= 4 is 11.8 Å². The summed E-state index contributed by atoms with van der Waals surface area (Å²) >= 11 is 0. The largest absolute Gasteiger partial charge is 0.468 e. The second kappa shape index (κ2) is 5.75. The van der Waals surface area contributed by atoms with Crippen LogP contribution in [0, 0.1) is 11.8 Å². The number of hydrogen-bond donors (Lipinski definition) is 1. The molecule has 1 aromatic rings. The maximum atomic E-state index is 12.1. The first-order valence-corrected chi connectivity index (χ1v) is 6.90. The molecule has 0 heterocycles. The van der Waals surface area contributed by atoms with Crippen LogP contribution < -0.4 is 5.73 Å². The number of nitrogens with two attached hydrogens (primary N) is 1. The highest BCUT2D eigenvalue weighted by molar-refractivity contribution is 5.87. The molecule has 2 N–H and O–H groups in total. The van der Waals surface area contributed by atoms with Crippen LogP contribution in [0.4, 0.5) is 0 Å². The highest BCUT2D eigenvalue weighted by Crippen LogP contribution is 2.38. The lowest BCUT2D eigenvalue weighted by Crippen LogP contribution is -2.54. The fourth-order valence-corrected chi connectivity index (χ4v) is 3.12. The van der Waals surface area contributed by atoms with Gasteiger partial charge < -0.3 is 10.5 Å². The predicted molar refractivity (Wildman–Crippen MR) is 76.0 cm³/mol. The van der Waals surface area contributed by atoms with Crippen molar-refractivity contribution in [2.24, 2.45) is 17.6 Å². The van der Waals surface area contributed by atoms with Crippen molar-refractivity contribution in [3.05, 3.63) is 35.9 Å². The van der Waals surface area contributed by atoms with Crippen molar-refractivity contribution in [1.29, 1.82) is 0 Å². The van der Waals surface area contributed by atoms with Gasteiger partial charge in [-0.3, -0.25) is 9.59 Å². The smallest absolute Gasteiger partial charge is 0.325 e. The molecule has 20 heavy (non-hydrogen) atoms. The lowest BCUT2D eigenvalue weighted by atomic mass is 9.76. The highest BCUT2D eigenvalue weighted by Gasteiger charge is 2.48. The van der Waals surface area contributed by atoms with Gasteiger partial charge in [0.15, 0.2) is 0 Å². The number of esters is 1. The van der Waals surface area contributed by atoms with Gasteiger partial charge in [0, 0.05) is 12.3 Å². The topological polar surface area (TPSA) is 69.4 Å². The van der Waals surface area contributed by atoms with E-state index in [1.54, 1.807) is 6.92 Å². The summed E-state index contributed by atoms with van der Waals surface area (Å²) in [6.45, 7) is 1.67. The average Bonchev–Trinajstić information content (AvgIpc) is 2.81. The molecule has 0 spiro atoms. The minimum absolute atomic E-state index is 0.164. The van der Waals surface area contributed by atoms with E-state index in [0.717, 1.165) is 5.56 Å². The Morgan fingerprint density at radius 3 is 2.65 bits per heavy atom. The first-order valence-electron chi connectivity index (χ1n) is 6.90. The van der Waals surface area contributed by atoms with E-state index in [2.05, 4.69) is 0 Å². The summed E-state index contributed by atoms with van der Waals surface area (Å²) in [7, 11) is 1.33. The molecule has 0 saturated heterocycles. The number of hydrogen-bond acceptors (Lipinski definition) is 4. The van der Waals surface area contributed by atoms with Crippen LogP contribution in [0.1, 0.15) is 25.3 Å². The molecule has 1 saturated carbocycles. The number of Topliss-reactive ketones (excluding diaryl/α,β-unsaturated/α-hetero) is 1. The SMILES string of the molecule is COC(=O)[C@@](C)(N)[C@@H]1CCC(=O)[C@@H]1Cc1ccccc1. The van der Waals surface area contributed by atoms with Crippen LogP contribution in [-0.2, 0) is 20.7 Å². The highest BCUT2D eigenvalue weighted by atomic mass is 16.5. The molecule has 0 unspecified atom stereocenters. The van der Waals surface area contributed by atoms with Crippen molar-refractivity contribution in [3.63, 3.8) is 0 Å². The second-order valence-corrected chi connectivity index (χ2v) is 5.68. The van der Waals surface area contributed by atoms with Crippen molar-refractivity contribution in [1.82, 2.24) is 0 Å². The van der Waals surface area contributed by atoms with Crippen LogP contribution in [0.2, 0.25) is 0 Å². The van der Waals surface area contributed by atoms with Crippen molar-refractivity contribution in [3.8, 4) is 0 Å². The van der Waals surface area contributed by atoms with Crippen LogP contribution in [0.3, 0.4) is 0 Å². The summed E-state index contributed by atoms with van der Waals surface area (Å²) < 4.78 is 4.79. The molecule has 2 rings (SSSR count). The summed E-state index contributed by atoms with van der Waals surface area (Å²) in [5.41, 5.74) is 6.14. The minimum Gasteiger partial charge on any atom is -0.468 e. The third-order valence-electron chi connectivity index (χ3n) is 4.29. The summed E-state index contributed by atoms with van der Waals surface area (Å²) in [4.78, 5) is 24.0. The Bertz CT molecular complexity index is 496. The molecular formula is C16H21NO3. The zero-order chi connectivity index (χ0) is 14.8. The maximum Gasteiger partial charge on any atom is 0.325 e. The van der Waals surface area contributed by atoms with E-state index in [-0.39, 0.29) is 17.6 Å². The minimum atomic E-state index is -1.11. The molecule has 4 nitrogen and oxygen atoms in total. The number of benzene rings is 1. The van der Waals surface area contributed by atoms with Gasteiger partial charge in [0.1, 0.15) is 11.3 Å². The Morgan fingerprint density at radius 1 is 1.40 bits per heavy atom. The lowest BCUT2D eigenvalue weighted by molar-refractivity contribution is -0.149. The van der Waals surface area contributed by atoms with E-state index < -0.39 is 11.5 Å². The molecule has 0 bridgehead atoms. The van der Waals surface area contributed by atoms with E-state index >= 15 is 0 Å². The second-order valence-electron chi connectivity index (χ2n) is 5.68. The van der Waals surface area contributed by atoms with Gasteiger partial charge in [-0.15, -0.1) is 0 Å². The third kappa shape index (κ3) is 2.75. The number of methoxy groups -OCH3 is 1. The van der Waals surface area contributed by atoms with Gasteiger partial charge in [0.25, 0.3) is 0 Å². The molecule has 1 aliphatic carbocycles. The number of ketones is 1. The summed E-state index contributed by atoms with van der Waals surface area (Å²) in [6.07, 6.45) is 1.78. The van der Waals surface area contributed by atoms with Crippen LogP contribution in [-0.4, -0.2) is 24.4 Å². The third-order valence-corrected chi connectivity index (χ3v) is 4.29. The van der Waals surface area contributed by atoms with Gasteiger partial charge in [-0.2, -0.15) is 0 Å². The van der Waals surface area contributed by atoms with Gasteiger partial charge >= 0.3 is 5.97 Å². The summed E-state index contributed by atoms with van der Waals surface area (Å²) in [5.74, 6) is -0.621. The van der Waals surface area contributed by atoms with Crippen molar-refractivity contribution in [2.45, 2.75) is 31.7 Å². The number of carbonyl (C=O) groups is 2. The number of rotatable bonds is 4. The molecule has 0 amide bonds. The van der Waals surface area contributed by atoms with Crippen LogP contribution in [0.5, 0.6) is 0 Å². The lowest BCUT2D eigenvalue weighted by Gasteiger charge is -2.32. The molecule has 0 radical (unpaired) electrons. The van der Waals surface area contributed by atoms with E-state index in [1.165, 1.54) is 7.11 Å². The van der Waals surface area contributed by atoms with Crippen LogP contribution in [0.25, 0.3) is 0 Å². The zero-order valence-electron chi connectivity index (χ0n) is 12.0. The molecule has 1 fully saturated rings. The molecule has 1 aromatic carbocycles. The molecular weight excluding hydrogens is 254 g/mol. The van der Waals surface area contributed by atoms with E-state index in [9.17, 15) is 9.59 Å². The average molecular weight is 275 g/mol. The standard InChI is InChI=1S/C16H21NO3/c1-16(17,15(19)20-2)13-8-9-14(18)12(13)10-11-6-4-3-5-7-11/h3-7,12-13H,8-10,17H2,1-2H3/t12-,13-,16+/m1/s1. The van der Waals surface area contributed by atoms with E-state index in [4.69, 9.17) is 10.5 Å². The van der Waals surface area contributed by atoms with Gasteiger partial charge in [-0.1, -0.05) is 30.3 Å². The van der Waals surface area contributed by atoms with Gasteiger partial charge in [-0.25, -0.2) is 0 Å². The van der Waals surface area contributed by atoms with Crippen molar-refractivity contribution in [2.75, 3.05) is 7.11 Å². The maximum absolute atomic E-state index is 12.1. The van der Waals surface area contributed by atoms with Gasteiger partial charge in [-0.05, 0) is 31.2 Å². The van der Waals surface area contributed by atoms with Crippen LogP contribution in [0.15, 0.2) is 30.3 Å². The molecule has 108 valence electrons. The number of carbonyl (C=O) groups excluding carboxylic acids is 2. The quantitative estimate of drug-likeness (QED) is 0.849. The molecule has 0 aliphatic heterocycles. The first-order chi connectivity index (χ1) is 9.46. The Labute approximate surface area is 119 Å². The fourth-order valence-electron chi connectivity index (χ4n) is 3.12. The molecule has 4 heteroatoms. The monoisotopic (exact) mass is 275 g/mol. The van der Waals surface area contributed by atoms with E-state index in [0.29, 0.717) is 19.3 Å². The van der Waals surface area contributed by atoms with E-state index in [1.807, 2.05) is 30.3 Å². The predicted octanol–water partition coefficient (Wildman–Crippen LogP) is 1.71. The molecule has 3 atom stereocenters. The van der Waals surface area contributed by atoms with Crippen LogP contribution >= 0.6 is 0 Å². The fraction of sp³-hybridized carbons (Fsp3) is 0.500. The van der Waals surface area contributed by atoms with Gasteiger partial charge in [0.05, 0.1) is 7.11 Å². The van der Waals surface area contributed by atoms with Crippen molar-refractivity contribution < 1.29 is 14.3 Å². The van der Waals surface area contributed by atoms with Gasteiger partial charge in [0.2, 0.25) is 0 Å². The Morgan fingerprint density at radius 2 is 2.05 bits per heavy atom. The Kier molecular flexibility index (Phi) is 4.23. The summed E-state index contributed by atoms with van der Waals surface area (Å²) in [6, 6.07) is 9.83. The number of ether oxygens (including phenoxy) is 1. The Hall–Kier alpha value is -1.68. The molecule has 1 aliphatic rings. The first kappa shape index (κ1) is 14.7.